The van der Waals surface area contributed by atoms with Crippen molar-refractivity contribution >= 4 is 22.5 Å². The highest BCUT2D eigenvalue weighted by Gasteiger charge is 2.32. The fourth-order valence-corrected chi connectivity index (χ4v) is 2.08. The van der Waals surface area contributed by atoms with Crippen LogP contribution < -0.4 is 4.90 Å². The van der Waals surface area contributed by atoms with Gasteiger partial charge in [0.15, 0.2) is 0 Å². The average Bonchev–Trinajstić information content (AvgIpc) is 3.20. The minimum Gasteiger partial charge on any atom is -0.313 e. The lowest BCUT2D eigenvalue weighted by molar-refractivity contribution is -0.119. The van der Waals surface area contributed by atoms with Gasteiger partial charge < -0.3 is 4.90 Å². The van der Waals surface area contributed by atoms with Crippen molar-refractivity contribution in [3.05, 3.63) is 36.5 Å². The number of pyridine rings is 1. The minimum absolute atomic E-state index is 0.211. The molecule has 0 unspecified atom stereocenters. The van der Waals surface area contributed by atoms with Crippen LogP contribution >= 0.6 is 0 Å². The van der Waals surface area contributed by atoms with Gasteiger partial charge in [0.2, 0.25) is 5.91 Å². The van der Waals surface area contributed by atoms with E-state index in [0.717, 1.165) is 29.4 Å². The molecule has 1 aliphatic carbocycles. The second kappa shape index (κ2) is 3.84. The zero-order valence-corrected chi connectivity index (χ0v) is 9.76. The largest absolute Gasteiger partial charge is 0.313 e. The van der Waals surface area contributed by atoms with E-state index in [-0.39, 0.29) is 11.8 Å². The summed E-state index contributed by atoms with van der Waals surface area (Å²) in [5, 5.41) is 1.07. The van der Waals surface area contributed by atoms with E-state index in [9.17, 15) is 4.79 Å². The number of anilines is 1. The molecule has 1 aromatic heterocycles. The molecular weight excluding hydrogens is 212 g/mol. The number of carbonyl (C=O) groups is 1. The van der Waals surface area contributed by atoms with E-state index in [1.54, 1.807) is 11.1 Å². The highest BCUT2D eigenvalue weighted by molar-refractivity contribution is 6.03. The summed E-state index contributed by atoms with van der Waals surface area (Å²) in [6.07, 6.45) is 3.82. The third-order valence-corrected chi connectivity index (χ3v) is 3.23. The molecule has 0 radical (unpaired) electrons. The molecule has 0 bridgehead atoms. The molecule has 1 aliphatic rings. The number of aromatic nitrogens is 1. The summed E-state index contributed by atoms with van der Waals surface area (Å²) in [5.74, 6) is 0.446. The van der Waals surface area contributed by atoms with Gasteiger partial charge in [0.1, 0.15) is 0 Å². The Hall–Kier alpha value is -1.90. The molecule has 0 aliphatic heterocycles. The van der Waals surface area contributed by atoms with Crippen molar-refractivity contribution in [1.82, 2.24) is 4.98 Å². The molecule has 3 rings (SSSR count). The Labute approximate surface area is 100 Å². The normalized spacial score (nSPS) is 14.9. The van der Waals surface area contributed by atoms with E-state index in [1.165, 1.54) is 0 Å². The van der Waals surface area contributed by atoms with E-state index in [0.29, 0.717) is 0 Å². The molecule has 86 valence electrons. The van der Waals surface area contributed by atoms with Crippen LogP contribution in [0.1, 0.15) is 12.8 Å². The number of rotatable bonds is 2. The van der Waals surface area contributed by atoms with Gasteiger partial charge in [0.05, 0.1) is 11.2 Å². The van der Waals surface area contributed by atoms with Gasteiger partial charge >= 0.3 is 0 Å². The molecule has 3 heteroatoms. The standard InChI is InChI=1S/C14H14N2O/c1-16(14(17)11-7-8-11)12-6-2-4-10-5-3-9-15-13(10)12/h2-6,9,11H,7-8H2,1H3. The van der Waals surface area contributed by atoms with Gasteiger partial charge in [0, 0.05) is 24.5 Å². The number of nitrogens with zero attached hydrogens (tertiary/aromatic N) is 2. The van der Waals surface area contributed by atoms with Gasteiger partial charge in [-0.1, -0.05) is 18.2 Å². The summed E-state index contributed by atoms with van der Waals surface area (Å²) >= 11 is 0. The fourth-order valence-electron chi connectivity index (χ4n) is 2.08. The molecule has 0 atom stereocenters. The molecule has 1 saturated carbocycles. The highest BCUT2D eigenvalue weighted by Crippen LogP contribution is 2.33. The molecule has 1 aromatic carbocycles. The van der Waals surface area contributed by atoms with Gasteiger partial charge in [0.25, 0.3) is 0 Å². The molecule has 1 heterocycles. The summed E-state index contributed by atoms with van der Waals surface area (Å²) in [6, 6.07) is 9.86. The average molecular weight is 226 g/mol. The van der Waals surface area contributed by atoms with E-state index in [2.05, 4.69) is 4.98 Å². The Morgan fingerprint density at radius 3 is 2.82 bits per heavy atom. The third-order valence-electron chi connectivity index (χ3n) is 3.23. The Balaban J connectivity index is 2.07. The Morgan fingerprint density at radius 2 is 2.06 bits per heavy atom. The van der Waals surface area contributed by atoms with E-state index < -0.39 is 0 Å². The fraction of sp³-hybridized carbons (Fsp3) is 0.286. The van der Waals surface area contributed by atoms with Crippen LogP contribution in [0.25, 0.3) is 10.9 Å². The second-order valence-corrected chi connectivity index (χ2v) is 4.52. The number of hydrogen-bond donors (Lipinski definition) is 0. The minimum atomic E-state index is 0.211. The predicted octanol–water partition coefficient (Wildman–Crippen LogP) is 2.61. The Bertz CT molecular complexity index is 570. The zero-order valence-electron chi connectivity index (χ0n) is 9.76. The topological polar surface area (TPSA) is 33.2 Å². The van der Waals surface area contributed by atoms with Gasteiger partial charge in [-0.3, -0.25) is 9.78 Å². The first-order chi connectivity index (χ1) is 8.27. The first kappa shape index (κ1) is 10.3. The van der Waals surface area contributed by atoms with Crippen LogP contribution in [0.15, 0.2) is 36.5 Å². The maximum atomic E-state index is 12.0. The molecule has 17 heavy (non-hydrogen) atoms. The van der Waals surface area contributed by atoms with Crippen LogP contribution in [-0.2, 0) is 4.79 Å². The third kappa shape index (κ3) is 1.78. The molecule has 1 fully saturated rings. The van der Waals surface area contributed by atoms with Gasteiger partial charge in [-0.25, -0.2) is 0 Å². The Kier molecular flexibility index (Phi) is 2.32. The number of fused-ring (bicyclic) bond motifs is 1. The molecule has 3 nitrogen and oxygen atoms in total. The van der Waals surface area contributed by atoms with Crippen molar-refractivity contribution in [2.45, 2.75) is 12.8 Å². The smallest absolute Gasteiger partial charge is 0.229 e. The van der Waals surface area contributed by atoms with Gasteiger partial charge in [-0.05, 0) is 25.0 Å². The first-order valence-electron chi connectivity index (χ1n) is 5.88. The number of hydrogen-bond acceptors (Lipinski definition) is 2. The SMILES string of the molecule is CN(C(=O)C1CC1)c1cccc2cccnc12. The van der Waals surface area contributed by atoms with Crippen LogP contribution in [-0.4, -0.2) is 17.9 Å². The van der Waals surface area contributed by atoms with Crippen molar-refractivity contribution < 1.29 is 4.79 Å². The van der Waals surface area contributed by atoms with E-state index in [1.807, 2.05) is 37.4 Å². The molecule has 0 N–H and O–H groups in total. The monoisotopic (exact) mass is 226 g/mol. The van der Waals surface area contributed by atoms with Crippen LogP contribution in [0.5, 0.6) is 0 Å². The van der Waals surface area contributed by atoms with Crippen molar-refractivity contribution in [1.29, 1.82) is 0 Å². The first-order valence-corrected chi connectivity index (χ1v) is 5.88. The molecule has 0 saturated heterocycles. The summed E-state index contributed by atoms with van der Waals surface area (Å²) in [7, 11) is 1.84. The maximum Gasteiger partial charge on any atom is 0.229 e. The van der Waals surface area contributed by atoms with Crippen LogP contribution in [0, 0.1) is 5.92 Å². The summed E-state index contributed by atoms with van der Waals surface area (Å²) in [5.41, 5.74) is 1.80. The van der Waals surface area contributed by atoms with Gasteiger partial charge in [-0.15, -0.1) is 0 Å². The molecular formula is C14H14N2O. The summed E-state index contributed by atoms with van der Waals surface area (Å²) < 4.78 is 0. The van der Waals surface area contributed by atoms with Crippen molar-refractivity contribution in [3.63, 3.8) is 0 Å². The second-order valence-electron chi connectivity index (χ2n) is 4.52. The van der Waals surface area contributed by atoms with Crippen LogP contribution in [0.4, 0.5) is 5.69 Å². The lowest BCUT2D eigenvalue weighted by Crippen LogP contribution is -2.27. The summed E-state index contributed by atoms with van der Waals surface area (Å²) in [6.45, 7) is 0. The lowest BCUT2D eigenvalue weighted by atomic mass is 10.1. The van der Waals surface area contributed by atoms with Gasteiger partial charge in [-0.2, -0.15) is 0 Å². The maximum absolute atomic E-state index is 12.0. The molecule has 0 spiro atoms. The zero-order chi connectivity index (χ0) is 11.8. The lowest BCUT2D eigenvalue weighted by Gasteiger charge is -2.18. The van der Waals surface area contributed by atoms with Crippen molar-refractivity contribution in [2.24, 2.45) is 5.92 Å². The molecule has 2 aromatic rings. The Morgan fingerprint density at radius 1 is 1.29 bits per heavy atom. The molecule has 1 amide bonds. The van der Waals surface area contributed by atoms with E-state index >= 15 is 0 Å². The summed E-state index contributed by atoms with van der Waals surface area (Å²) in [4.78, 5) is 18.2. The highest BCUT2D eigenvalue weighted by atomic mass is 16.2. The van der Waals surface area contributed by atoms with Crippen molar-refractivity contribution in [3.8, 4) is 0 Å². The number of carbonyl (C=O) groups excluding carboxylic acids is 1. The number of benzene rings is 1. The quantitative estimate of drug-likeness (QED) is 0.788. The van der Waals surface area contributed by atoms with E-state index in [4.69, 9.17) is 0 Å². The number of para-hydroxylation sites is 1. The van der Waals surface area contributed by atoms with Crippen molar-refractivity contribution in [2.75, 3.05) is 11.9 Å². The number of amides is 1. The van der Waals surface area contributed by atoms with Crippen LogP contribution in [0.2, 0.25) is 0 Å². The van der Waals surface area contributed by atoms with Crippen LogP contribution in [0.3, 0.4) is 0 Å². The predicted molar refractivity (Wildman–Crippen MR) is 67.9 cm³/mol.